The average molecular weight is 405 g/mol. The van der Waals surface area contributed by atoms with E-state index in [1.165, 1.54) is 31.4 Å². The van der Waals surface area contributed by atoms with Gasteiger partial charge in [0.25, 0.3) is 16.8 Å². The number of ether oxygens (including phenoxy) is 1. The Labute approximate surface area is 163 Å². The molecule has 0 N–H and O–H groups in total. The highest BCUT2D eigenvalue weighted by Crippen LogP contribution is 2.36. The molecule has 0 radical (unpaired) electrons. The fourth-order valence-electron chi connectivity index (χ4n) is 2.52. The van der Waals surface area contributed by atoms with Crippen LogP contribution in [0.2, 0.25) is 5.02 Å². The van der Waals surface area contributed by atoms with E-state index in [9.17, 15) is 19.7 Å². The third-order valence-electron chi connectivity index (χ3n) is 3.87. The molecule has 2 aromatic carbocycles. The summed E-state index contributed by atoms with van der Waals surface area (Å²) in [5.74, 6) is -0.128. The number of non-ortho nitro benzene ring substituents is 1. The zero-order valence-corrected chi connectivity index (χ0v) is 15.6. The minimum Gasteiger partial charge on any atom is -0.496 e. The molecule has 0 bridgehead atoms. The lowest BCUT2D eigenvalue weighted by atomic mass is 10.1. The smallest absolute Gasteiger partial charge is 0.293 e. The van der Waals surface area contributed by atoms with Crippen LogP contribution in [0.1, 0.15) is 11.1 Å². The molecule has 1 fully saturated rings. The third kappa shape index (κ3) is 3.96. The van der Waals surface area contributed by atoms with Gasteiger partial charge in [-0.05, 0) is 35.5 Å². The number of rotatable bonds is 5. The van der Waals surface area contributed by atoms with Crippen LogP contribution in [0.25, 0.3) is 6.08 Å². The van der Waals surface area contributed by atoms with Crippen LogP contribution in [0.3, 0.4) is 0 Å². The molecule has 0 aliphatic carbocycles. The van der Waals surface area contributed by atoms with Gasteiger partial charge in [-0.1, -0.05) is 29.8 Å². The second-order valence-corrected chi connectivity index (χ2v) is 6.94. The van der Waals surface area contributed by atoms with Crippen molar-refractivity contribution in [3.8, 4) is 5.75 Å². The lowest BCUT2D eigenvalue weighted by Gasteiger charge is -2.13. The van der Waals surface area contributed by atoms with Crippen molar-refractivity contribution in [1.82, 2.24) is 4.90 Å². The number of benzene rings is 2. The lowest BCUT2D eigenvalue weighted by molar-refractivity contribution is -0.384. The largest absolute Gasteiger partial charge is 0.496 e. The van der Waals surface area contributed by atoms with E-state index in [1.54, 1.807) is 24.3 Å². The van der Waals surface area contributed by atoms with Crippen LogP contribution in [-0.2, 0) is 11.3 Å². The lowest BCUT2D eigenvalue weighted by Crippen LogP contribution is -2.27. The minimum atomic E-state index is -0.542. The molecule has 27 heavy (non-hydrogen) atoms. The first-order chi connectivity index (χ1) is 12.9. The SMILES string of the molecule is COc1ccc([N+](=O)[O-])cc1/C=C1/SC(=O)N(Cc2ccccc2Cl)C1=O. The highest BCUT2D eigenvalue weighted by Gasteiger charge is 2.35. The van der Waals surface area contributed by atoms with E-state index in [4.69, 9.17) is 16.3 Å². The standard InChI is InChI=1S/C18H13ClN2O5S/c1-26-15-7-6-13(21(24)25)8-12(15)9-16-17(22)20(18(23)27-16)10-11-4-2-3-5-14(11)19/h2-9H,10H2,1H3/b16-9+. The highest BCUT2D eigenvalue weighted by atomic mass is 35.5. The second-order valence-electron chi connectivity index (χ2n) is 5.54. The van der Waals surface area contributed by atoms with E-state index in [1.807, 2.05) is 0 Å². The number of halogens is 1. The molecule has 0 unspecified atom stereocenters. The summed E-state index contributed by atoms with van der Waals surface area (Å²) in [7, 11) is 1.42. The number of nitro groups is 1. The van der Waals surface area contributed by atoms with Crippen LogP contribution in [-0.4, -0.2) is 28.1 Å². The van der Waals surface area contributed by atoms with Gasteiger partial charge < -0.3 is 4.74 Å². The van der Waals surface area contributed by atoms with E-state index in [2.05, 4.69) is 0 Å². The van der Waals surface area contributed by atoms with Crippen LogP contribution in [0.4, 0.5) is 10.5 Å². The molecule has 1 heterocycles. The molecule has 138 valence electrons. The molecule has 2 aromatic rings. The Morgan fingerprint density at radius 3 is 2.67 bits per heavy atom. The zero-order chi connectivity index (χ0) is 19.6. The number of nitrogens with zero attached hydrogens (tertiary/aromatic N) is 2. The maximum Gasteiger partial charge on any atom is 0.293 e. The van der Waals surface area contributed by atoms with Gasteiger partial charge in [-0.15, -0.1) is 0 Å². The summed E-state index contributed by atoms with van der Waals surface area (Å²) in [6.45, 7) is 0.0494. The third-order valence-corrected chi connectivity index (χ3v) is 5.15. The normalized spacial score (nSPS) is 15.5. The molecule has 0 aromatic heterocycles. The maximum atomic E-state index is 12.7. The van der Waals surface area contributed by atoms with E-state index in [0.29, 0.717) is 21.9 Å². The van der Waals surface area contributed by atoms with Gasteiger partial charge in [0.05, 0.1) is 23.5 Å². The van der Waals surface area contributed by atoms with Crippen molar-refractivity contribution in [1.29, 1.82) is 0 Å². The van der Waals surface area contributed by atoms with Gasteiger partial charge in [-0.2, -0.15) is 0 Å². The Morgan fingerprint density at radius 2 is 2.00 bits per heavy atom. The fourth-order valence-corrected chi connectivity index (χ4v) is 3.55. The number of amides is 2. The quantitative estimate of drug-likeness (QED) is 0.414. The van der Waals surface area contributed by atoms with Crippen LogP contribution >= 0.6 is 23.4 Å². The van der Waals surface area contributed by atoms with E-state index in [-0.39, 0.29) is 17.1 Å². The van der Waals surface area contributed by atoms with Crippen LogP contribution in [0.15, 0.2) is 47.4 Å². The minimum absolute atomic E-state index is 0.0494. The Morgan fingerprint density at radius 1 is 1.26 bits per heavy atom. The van der Waals surface area contributed by atoms with Crippen LogP contribution < -0.4 is 4.74 Å². The average Bonchev–Trinajstić information content (AvgIpc) is 2.90. The highest BCUT2D eigenvalue weighted by molar-refractivity contribution is 8.18. The van der Waals surface area contributed by atoms with Gasteiger partial charge in [-0.25, -0.2) is 0 Å². The molecular formula is C18H13ClN2O5S. The summed E-state index contributed by atoms with van der Waals surface area (Å²) in [5.41, 5.74) is 0.850. The van der Waals surface area contributed by atoms with Gasteiger partial charge in [0.1, 0.15) is 5.75 Å². The van der Waals surface area contributed by atoms with E-state index < -0.39 is 16.1 Å². The second kappa shape index (κ2) is 7.81. The van der Waals surface area contributed by atoms with Crippen molar-refractivity contribution >= 4 is 46.3 Å². The molecule has 1 aliphatic heterocycles. The number of imide groups is 1. The Bertz CT molecular complexity index is 976. The first-order valence-electron chi connectivity index (χ1n) is 7.72. The summed E-state index contributed by atoms with van der Waals surface area (Å²) in [5, 5.41) is 11.0. The number of carbonyl (C=O) groups excluding carboxylic acids is 2. The summed E-state index contributed by atoms with van der Waals surface area (Å²) >= 11 is 6.87. The molecule has 0 saturated carbocycles. The van der Waals surface area contributed by atoms with Crippen molar-refractivity contribution in [2.24, 2.45) is 0 Å². The Balaban J connectivity index is 1.92. The summed E-state index contributed by atoms with van der Waals surface area (Å²) in [6, 6.07) is 11.0. The zero-order valence-electron chi connectivity index (χ0n) is 14.0. The molecule has 7 nitrogen and oxygen atoms in total. The summed E-state index contributed by atoms with van der Waals surface area (Å²) in [6.07, 6.45) is 1.42. The number of carbonyl (C=O) groups is 2. The summed E-state index contributed by atoms with van der Waals surface area (Å²) in [4.78, 5) is 36.6. The van der Waals surface area contributed by atoms with Crippen molar-refractivity contribution in [2.75, 3.05) is 7.11 Å². The van der Waals surface area contributed by atoms with Crippen molar-refractivity contribution in [3.05, 3.63) is 73.6 Å². The molecule has 2 amide bonds. The van der Waals surface area contributed by atoms with Crippen LogP contribution in [0, 0.1) is 10.1 Å². The molecule has 1 saturated heterocycles. The predicted molar refractivity (Wildman–Crippen MR) is 103 cm³/mol. The number of nitro benzene ring substituents is 1. The van der Waals surface area contributed by atoms with E-state index >= 15 is 0 Å². The van der Waals surface area contributed by atoms with Crippen molar-refractivity contribution < 1.29 is 19.2 Å². The van der Waals surface area contributed by atoms with Gasteiger partial charge in [0.15, 0.2) is 0 Å². The Hall–Kier alpha value is -2.84. The van der Waals surface area contributed by atoms with Gasteiger partial charge in [-0.3, -0.25) is 24.6 Å². The number of hydrogen-bond donors (Lipinski definition) is 0. The molecule has 1 aliphatic rings. The Kier molecular flexibility index (Phi) is 5.48. The van der Waals surface area contributed by atoms with Crippen LogP contribution in [0.5, 0.6) is 5.75 Å². The molecule has 3 rings (SSSR count). The maximum absolute atomic E-state index is 12.7. The number of hydrogen-bond acceptors (Lipinski definition) is 6. The monoisotopic (exact) mass is 404 g/mol. The summed E-state index contributed by atoms with van der Waals surface area (Å²) < 4.78 is 5.19. The fraction of sp³-hybridized carbons (Fsp3) is 0.111. The molecule has 0 atom stereocenters. The predicted octanol–water partition coefficient (Wildman–Crippen LogP) is 4.49. The topological polar surface area (TPSA) is 89.8 Å². The number of thioether (sulfide) groups is 1. The van der Waals surface area contributed by atoms with Crippen molar-refractivity contribution in [3.63, 3.8) is 0 Å². The first-order valence-corrected chi connectivity index (χ1v) is 8.91. The molecule has 9 heteroatoms. The first kappa shape index (κ1) is 18.9. The van der Waals surface area contributed by atoms with Gasteiger partial charge in [0, 0.05) is 22.7 Å². The van der Waals surface area contributed by atoms with E-state index in [0.717, 1.165) is 16.7 Å². The molecule has 0 spiro atoms. The molecular weight excluding hydrogens is 392 g/mol. The van der Waals surface area contributed by atoms with Gasteiger partial charge in [0.2, 0.25) is 0 Å². The van der Waals surface area contributed by atoms with Gasteiger partial charge >= 0.3 is 0 Å². The van der Waals surface area contributed by atoms with Crippen molar-refractivity contribution in [2.45, 2.75) is 6.54 Å². The number of methoxy groups -OCH3 is 1.